The lowest BCUT2D eigenvalue weighted by atomic mass is 9.97. The van der Waals surface area contributed by atoms with Gasteiger partial charge < -0.3 is 10.2 Å². The van der Waals surface area contributed by atoms with E-state index in [-0.39, 0.29) is 5.82 Å². The maximum absolute atomic E-state index is 13.7. The Hall–Kier alpha value is -0.930. The zero-order valence-electron chi connectivity index (χ0n) is 13.4. The van der Waals surface area contributed by atoms with Crippen LogP contribution in [0.1, 0.15) is 44.6 Å². The first-order chi connectivity index (χ1) is 10.2. The van der Waals surface area contributed by atoms with Gasteiger partial charge in [0.25, 0.3) is 0 Å². The summed E-state index contributed by atoms with van der Waals surface area (Å²) in [4.78, 5) is 2.25. The van der Waals surface area contributed by atoms with Gasteiger partial charge in [-0.15, -0.1) is 0 Å². The van der Waals surface area contributed by atoms with E-state index in [1.807, 2.05) is 12.1 Å². The smallest absolute Gasteiger partial charge is 0.127 e. The average Bonchev–Trinajstić information content (AvgIpc) is 3.00. The van der Waals surface area contributed by atoms with Gasteiger partial charge in [-0.1, -0.05) is 38.0 Å². The van der Waals surface area contributed by atoms with Gasteiger partial charge in [0, 0.05) is 24.7 Å². The van der Waals surface area contributed by atoms with Crippen LogP contribution >= 0.6 is 0 Å². The van der Waals surface area contributed by atoms with Crippen molar-refractivity contribution in [3.8, 4) is 0 Å². The number of benzene rings is 1. The first-order valence-electron chi connectivity index (χ1n) is 8.36. The molecule has 1 saturated carbocycles. The third-order valence-corrected chi connectivity index (χ3v) is 4.53. The van der Waals surface area contributed by atoms with Crippen molar-refractivity contribution in [2.45, 2.75) is 51.6 Å². The number of likely N-dealkylation sites (N-methyl/N-ethyl adjacent to an activating group) is 1. The molecule has 1 aliphatic carbocycles. The molecule has 1 aromatic rings. The molecule has 3 heteroatoms. The summed E-state index contributed by atoms with van der Waals surface area (Å²) in [5.41, 5.74) is 0.792. The maximum Gasteiger partial charge on any atom is 0.127 e. The van der Waals surface area contributed by atoms with Crippen molar-refractivity contribution in [2.24, 2.45) is 5.92 Å². The summed E-state index contributed by atoms with van der Waals surface area (Å²) in [6.07, 6.45) is 6.59. The summed E-state index contributed by atoms with van der Waals surface area (Å²) in [6, 6.07) is 7.64. The Morgan fingerprint density at radius 2 is 2.00 bits per heavy atom. The molecule has 0 radical (unpaired) electrons. The van der Waals surface area contributed by atoms with Crippen LogP contribution in [0.5, 0.6) is 0 Å². The molecule has 1 unspecified atom stereocenters. The summed E-state index contributed by atoms with van der Waals surface area (Å²) in [5.74, 6) is 0.697. The highest BCUT2D eigenvalue weighted by atomic mass is 19.1. The number of hydrogen-bond acceptors (Lipinski definition) is 2. The minimum atomic E-state index is -0.0942. The van der Waals surface area contributed by atoms with Gasteiger partial charge in [-0.3, -0.25) is 0 Å². The first-order valence-corrected chi connectivity index (χ1v) is 8.36. The minimum Gasteiger partial charge on any atom is -0.312 e. The molecule has 2 rings (SSSR count). The lowest BCUT2D eigenvalue weighted by Gasteiger charge is -2.29. The summed E-state index contributed by atoms with van der Waals surface area (Å²) < 4.78 is 13.7. The number of nitrogens with one attached hydrogen (secondary N) is 1. The van der Waals surface area contributed by atoms with Gasteiger partial charge in [-0.2, -0.15) is 0 Å². The van der Waals surface area contributed by atoms with Crippen molar-refractivity contribution < 1.29 is 4.39 Å². The second-order valence-electron chi connectivity index (χ2n) is 6.39. The monoisotopic (exact) mass is 292 g/mol. The normalized spacial score (nSPS) is 17.5. The second-order valence-corrected chi connectivity index (χ2v) is 6.39. The van der Waals surface area contributed by atoms with E-state index in [0.717, 1.165) is 24.6 Å². The molecule has 0 spiro atoms. The van der Waals surface area contributed by atoms with Crippen LogP contribution in [0.4, 0.5) is 4.39 Å². The van der Waals surface area contributed by atoms with Gasteiger partial charge in [0.05, 0.1) is 0 Å². The molecule has 0 amide bonds. The van der Waals surface area contributed by atoms with E-state index in [1.54, 1.807) is 12.1 Å². The van der Waals surface area contributed by atoms with Gasteiger partial charge in [0.15, 0.2) is 0 Å². The fraction of sp³-hybridized carbons (Fsp3) is 0.667. The molecule has 0 aliphatic heterocycles. The molecule has 21 heavy (non-hydrogen) atoms. The summed E-state index contributed by atoms with van der Waals surface area (Å²) >= 11 is 0. The molecule has 0 heterocycles. The van der Waals surface area contributed by atoms with Crippen LogP contribution in [0, 0.1) is 11.7 Å². The Morgan fingerprint density at radius 1 is 1.29 bits per heavy atom. The lowest BCUT2D eigenvalue weighted by molar-refractivity contribution is 0.233. The van der Waals surface area contributed by atoms with Crippen LogP contribution in [0.2, 0.25) is 0 Å². The highest BCUT2D eigenvalue weighted by molar-refractivity contribution is 5.17. The third-order valence-electron chi connectivity index (χ3n) is 4.53. The SMILES string of the molecule is CCCNC(CN(C)Cc1ccccc1F)C1CCCC1. The molecule has 0 aromatic heterocycles. The number of hydrogen-bond donors (Lipinski definition) is 1. The quantitative estimate of drug-likeness (QED) is 0.783. The first kappa shape index (κ1) is 16.4. The summed E-state index contributed by atoms with van der Waals surface area (Å²) in [7, 11) is 2.10. The molecule has 1 fully saturated rings. The zero-order valence-corrected chi connectivity index (χ0v) is 13.4. The number of nitrogens with zero attached hydrogens (tertiary/aromatic N) is 1. The minimum absolute atomic E-state index is 0.0942. The van der Waals surface area contributed by atoms with E-state index in [4.69, 9.17) is 0 Å². The van der Waals surface area contributed by atoms with Crippen LogP contribution in [0.3, 0.4) is 0 Å². The van der Waals surface area contributed by atoms with E-state index in [2.05, 4.69) is 24.2 Å². The Bertz CT molecular complexity index is 415. The molecule has 1 aliphatic rings. The molecular weight excluding hydrogens is 263 g/mol. The predicted octanol–water partition coefficient (Wildman–Crippen LogP) is 3.82. The fourth-order valence-corrected chi connectivity index (χ4v) is 3.39. The van der Waals surface area contributed by atoms with Crippen LogP contribution in [0.25, 0.3) is 0 Å². The van der Waals surface area contributed by atoms with Crippen LogP contribution in [-0.4, -0.2) is 31.1 Å². The van der Waals surface area contributed by atoms with E-state index < -0.39 is 0 Å². The van der Waals surface area contributed by atoms with E-state index >= 15 is 0 Å². The van der Waals surface area contributed by atoms with Crippen molar-refractivity contribution in [1.82, 2.24) is 10.2 Å². The molecule has 2 nitrogen and oxygen atoms in total. The Labute approximate surface area is 128 Å². The molecule has 118 valence electrons. The standard InChI is InChI=1S/C18H29FN2/c1-3-12-20-18(15-8-4-5-9-15)14-21(2)13-16-10-6-7-11-17(16)19/h6-7,10-11,15,18,20H,3-5,8-9,12-14H2,1-2H3. The highest BCUT2D eigenvalue weighted by Gasteiger charge is 2.25. The van der Waals surface area contributed by atoms with Crippen molar-refractivity contribution in [1.29, 1.82) is 0 Å². The molecule has 0 saturated heterocycles. The fourth-order valence-electron chi connectivity index (χ4n) is 3.39. The van der Waals surface area contributed by atoms with Gasteiger partial charge in [-0.25, -0.2) is 4.39 Å². The molecular formula is C18H29FN2. The summed E-state index contributed by atoms with van der Waals surface area (Å²) in [5, 5.41) is 3.71. The topological polar surface area (TPSA) is 15.3 Å². The van der Waals surface area contributed by atoms with Crippen molar-refractivity contribution in [3.63, 3.8) is 0 Å². The van der Waals surface area contributed by atoms with E-state index in [1.165, 1.54) is 32.1 Å². The zero-order chi connectivity index (χ0) is 15.1. The van der Waals surface area contributed by atoms with Crippen molar-refractivity contribution in [3.05, 3.63) is 35.6 Å². The second kappa shape index (κ2) is 8.50. The Morgan fingerprint density at radius 3 is 2.67 bits per heavy atom. The molecule has 0 bridgehead atoms. The largest absolute Gasteiger partial charge is 0.312 e. The maximum atomic E-state index is 13.7. The van der Waals surface area contributed by atoms with Crippen LogP contribution in [-0.2, 0) is 6.54 Å². The average molecular weight is 292 g/mol. The Kier molecular flexibility index (Phi) is 6.65. The van der Waals surface area contributed by atoms with Crippen LogP contribution in [0.15, 0.2) is 24.3 Å². The van der Waals surface area contributed by atoms with Gasteiger partial charge in [0.1, 0.15) is 5.82 Å². The molecule has 1 atom stereocenters. The van der Waals surface area contributed by atoms with Crippen LogP contribution < -0.4 is 5.32 Å². The summed E-state index contributed by atoms with van der Waals surface area (Å²) in [6.45, 7) is 4.97. The third kappa shape index (κ3) is 5.08. The van der Waals surface area contributed by atoms with Gasteiger partial charge in [-0.05, 0) is 44.8 Å². The predicted molar refractivity (Wildman–Crippen MR) is 86.8 cm³/mol. The highest BCUT2D eigenvalue weighted by Crippen LogP contribution is 2.28. The van der Waals surface area contributed by atoms with Gasteiger partial charge in [0.2, 0.25) is 0 Å². The van der Waals surface area contributed by atoms with E-state index in [9.17, 15) is 4.39 Å². The lowest BCUT2D eigenvalue weighted by Crippen LogP contribution is -2.44. The molecule has 1 N–H and O–H groups in total. The van der Waals surface area contributed by atoms with Gasteiger partial charge >= 0.3 is 0 Å². The number of halogens is 1. The number of rotatable bonds is 8. The van der Waals surface area contributed by atoms with E-state index in [0.29, 0.717) is 12.6 Å². The molecule has 1 aromatic carbocycles. The van der Waals surface area contributed by atoms with Crippen molar-refractivity contribution in [2.75, 3.05) is 20.1 Å². The Balaban J connectivity index is 1.90. The van der Waals surface area contributed by atoms with Crippen molar-refractivity contribution >= 4 is 0 Å².